The highest BCUT2D eigenvalue weighted by Gasteiger charge is 2.35. The van der Waals surface area contributed by atoms with E-state index in [1.165, 1.54) is 5.56 Å². The SMILES string of the molecule is c1cc2c(cn1)-c1oc3c4cnccn4cc3[n+]1C2. The first-order valence-electron chi connectivity index (χ1n) is 6.12. The van der Waals surface area contributed by atoms with Gasteiger partial charge in [0.2, 0.25) is 5.58 Å². The molecule has 5 heterocycles. The third-order valence-corrected chi connectivity index (χ3v) is 3.72. The highest BCUT2D eigenvalue weighted by Crippen LogP contribution is 2.32. The molecule has 1 aliphatic heterocycles. The van der Waals surface area contributed by atoms with Crippen LogP contribution in [-0.2, 0) is 6.54 Å². The number of rotatable bonds is 0. The standard InChI is InChI=1S/C14H9N4O/c1-2-15-5-10-9(1)7-18-12-8-17-4-3-16-6-11(17)13(12)19-14(10)18/h1-6,8H,7H2/q+1. The minimum Gasteiger partial charge on any atom is -0.395 e. The van der Waals surface area contributed by atoms with E-state index in [0.717, 1.165) is 34.6 Å². The zero-order chi connectivity index (χ0) is 12.4. The maximum absolute atomic E-state index is 6.05. The molecule has 0 saturated carbocycles. The van der Waals surface area contributed by atoms with Gasteiger partial charge in [-0.05, 0) is 6.07 Å². The van der Waals surface area contributed by atoms with Crippen molar-refractivity contribution in [1.82, 2.24) is 14.4 Å². The molecule has 0 atom stereocenters. The van der Waals surface area contributed by atoms with Gasteiger partial charge in [-0.2, -0.15) is 4.57 Å². The third kappa shape index (κ3) is 1.03. The minimum absolute atomic E-state index is 0.838. The van der Waals surface area contributed by atoms with Crippen LogP contribution in [0.4, 0.5) is 0 Å². The summed E-state index contributed by atoms with van der Waals surface area (Å²) >= 11 is 0. The van der Waals surface area contributed by atoms with Gasteiger partial charge < -0.3 is 8.82 Å². The van der Waals surface area contributed by atoms with Crippen LogP contribution in [0, 0.1) is 0 Å². The molecule has 19 heavy (non-hydrogen) atoms. The van der Waals surface area contributed by atoms with Gasteiger partial charge in [0.05, 0.1) is 12.4 Å². The predicted octanol–water partition coefficient (Wildman–Crippen LogP) is 1.79. The Balaban J connectivity index is 1.93. The van der Waals surface area contributed by atoms with Crippen LogP contribution in [0.1, 0.15) is 5.56 Å². The summed E-state index contributed by atoms with van der Waals surface area (Å²) in [6.45, 7) is 0.838. The molecule has 5 rings (SSSR count). The Bertz CT molecular complexity index is 951. The second-order valence-electron chi connectivity index (χ2n) is 4.74. The third-order valence-electron chi connectivity index (χ3n) is 3.72. The van der Waals surface area contributed by atoms with Gasteiger partial charge >= 0.3 is 5.89 Å². The Morgan fingerprint density at radius 2 is 2.16 bits per heavy atom. The van der Waals surface area contributed by atoms with Crippen molar-refractivity contribution in [1.29, 1.82) is 0 Å². The number of nitrogens with zero attached hydrogens (tertiary/aromatic N) is 4. The summed E-state index contributed by atoms with van der Waals surface area (Å²) in [5, 5.41) is 0. The number of hydrogen-bond donors (Lipinski definition) is 0. The number of hydrogen-bond acceptors (Lipinski definition) is 3. The second-order valence-corrected chi connectivity index (χ2v) is 4.74. The highest BCUT2D eigenvalue weighted by molar-refractivity contribution is 5.88. The fourth-order valence-electron chi connectivity index (χ4n) is 2.82. The van der Waals surface area contributed by atoms with Gasteiger partial charge in [0, 0.05) is 30.4 Å². The summed E-state index contributed by atoms with van der Waals surface area (Å²) in [5.41, 5.74) is 5.31. The van der Waals surface area contributed by atoms with Crippen molar-refractivity contribution in [2.75, 3.05) is 0 Å². The maximum atomic E-state index is 6.05. The Morgan fingerprint density at radius 3 is 3.16 bits per heavy atom. The molecule has 4 aromatic rings. The normalized spacial score (nSPS) is 13.1. The van der Waals surface area contributed by atoms with Crippen LogP contribution in [0.5, 0.6) is 0 Å². The summed E-state index contributed by atoms with van der Waals surface area (Å²) in [6, 6.07) is 2.04. The van der Waals surface area contributed by atoms with E-state index in [1.807, 2.05) is 35.3 Å². The van der Waals surface area contributed by atoms with E-state index in [1.54, 1.807) is 6.20 Å². The van der Waals surface area contributed by atoms with E-state index in [4.69, 9.17) is 4.42 Å². The first-order chi connectivity index (χ1) is 9.42. The maximum Gasteiger partial charge on any atom is 0.384 e. The minimum atomic E-state index is 0.838. The van der Waals surface area contributed by atoms with Crippen molar-refractivity contribution in [3.8, 4) is 11.5 Å². The molecular formula is C14H9N4O+. The van der Waals surface area contributed by atoms with E-state index < -0.39 is 0 Å². The van der Waals surface area contributed by atoms with Gasteiger partial charge in [0.1, 0.15) is 11.1 Å². The molecule has 90 valence electrons. The average molecular weight is 249 g/mol. The molecule has 4 aromatic heterocycles. The molecule has 5 heteroatoms. The number of pyridine rings is 1. The molecule has 1 aliphatic rings. The molecule has 5 nitrogen and oxygen atoms in total. The second kappa shape index (κ2) is 3.00. The van der Waals surface area contributed by atoms with E-state index in [-0.39, 0.29) is 0 Å². The van der Waals surface area contributed by atoms with Gasteiger partial charge in [0.15, 0.2) is 6.54 Å². The van der Waals surface area contributed by atoms with Gasteiger partial charge in [-0.3, -0.25) is 9.97 Å². The Hall–Kier alpha value is -2.69. The van der Waals surface area contributed by atoms with Crippen molar-refractivity contribution in [3.05, 3.63) is 48.8 Å². The zero-order valence-corrected chi connectivity index (χ0v) is 9.95. The summed E-state index contributed by atoms with van der Waals surface area (Å²) in [6.07, 6.45) is 11.3. The van der Waals surface area contributed by atoms with Crippen molar-refractivity contribution in [2.24, 2.45) is 0 Å². The monoisotopic (exact) mass is 249 g/mol. The molecule has 0 bridgehead atoms. The van der Waals surface area contributed by atoms with Crippen LogP contribution in [0.2, 0.25) is 0 Å². The van der Waals surface area contributed by atoms with Crippen LogP contribution < -0.4 is 4.57 Å². The highest BCUT2D eigenvalue weighted by atomic mass is 16.4. The topological polar surface area (TPSA) is 47.2 Å². The van der Waals surface area contributed by atoms with Gasteiger partial charge in [-0.1, -0.05) is 0 Å². The predicted molar refractivity (Wildman–Crippen MR) is 67.5 cm³/mol. The summed E-state index contributed by atoms with van der Waals surface area (Å²) in [5.74, 6) is 0.888. The molecule has 0 spiro atoms. The largest absolute Gasteiger partial charge is 0.395 e. The van der Waals surface area contributed by atoms with E-state index >= 15 is 0 Å². The average Bonchev–Trinajstić information content (AvgIpc) is 3.07. The molecule has 0 saturated heterocycles. The van der Waals surface area contributed by atoms with Crippen LogP contribution >= 0.6 is 0 Å². The molecule has 0 fully saturated rings. The Morgan fingerprint density at radius 1 is 1.21 bits per heavy atom. The number of oxazole rings is 1. The summed E-state index contributed by atoms with van der Waals surface area (Å²) < 4.78 is 10.3. The van der Waals surface area contributed by atoms with Crippen LogP contribution in [-0.4, -0.2) is 14.4 Å². The fourth-order valence-corrected chi connectivity index (χ4v) is 2.82. The lowest BCUT2D eigenvalue weighted by atomic mass is 10.2. The first kappa shape index (κ1) is 9.27. The van der Waals surface area contributed by atoms with E-state index in [0.29, 0.717) is 0 Å². The van der Waals surface area contributed by atoms with E-state index in [9.17, 15) is 0 Å². The van der Waals surface area contributed by atoms with Crippen molar-refractivity contribution in [2.45, 2.75) is 6.54 Å². The van der Waals surface area contributed by atoms with Gasteiger partial charge in [0.25, 0.3) is 5.52 Å². The molecular weight excluding hydrogens is 240 g/mol. The lowest BCUT2D eigenvalue weighted by Gasteiger charge is -1.90. The lowest BCUT2D eigenvalue weighted by Crippen LogP contribution is -2.30. The Labute approximate surface area is 107 Å². The molecule has 0 amide bonds. The number of aromatic nitrogens is 4. The van der Waals surface area contributed by atoms with Crippen molar-refractivity contribution < 1.29 is 8.98 Å². The molecule has 0 aliphatic carbocycles. The van der Waals surface area contributed by atoms with Crippen LogP contribution in [0.25, 0.3) is 28.1 Å². The van der Waals surface area contributed by atoms with E-state index in [2.05, 4.69) is 20.7 Å². The summed E-state index contributed by atoms with van der Waals surface area (Å²) in [7, 11) is 0. The van der Waals surface area contributed by atoms with Crippen LogP contribution in [0.15, 0.2) is 47.7 Å². The Kier molecular flexibility index (Phi) is 1.46. The van der Waals surface area contributed by atoms with Gasteiger partial charge in [-0.15, -0.1) is 0 Å². The smallest absolute Gasteiger partial charge is 0.384 e. The van der Waals surface area contributed by atoms with Crippen molar-refractivity contribution >= 4 is 16.6 Å². The molecule has 0 radical (unpaired) electrons. The molecule has 0 N–H and O–H groups in total. The number of fused-ring (bicyclic) bond motifs is 7. The van der Waals surface area contributed by atoms with Gasteiger partial charge in [-0.25, -0.2) is 0 Å². The van der Waals surface area contributed by atoms with Crippen LogP contribution in [0.3, 0.4) is 0 Å². The fraction of sp³-hybridized carbons (Fsp3) is 0.0714. The van der Waals surface area contributed by atoms with Crippen molar-refractivity contribution in [3.63, 3.8) is 0 Å². The first-order valence-corrected chi connectivity index (χ1v) is 6.12. The summed E-state index contributed by atoms with van der Waals surface area (Å²) in [4.78, 5) is 8.34. The molecule has 0 aromatic carbocycles. The lowest BCUT2D eigenvalue weighted by molar-refractivity contribution is -0.649. The quantitative estimate of drug-likeness (QED) is 0.393. The zero-order valence-electron chi connectivity index (χ0n) is 9.95. The molecule has 0 unspecified atom stereocenters.